The summed E-state index contributed by atoms with van der Waals surface area (Å²) in [5.41, 5.74) is 5.84. The predicted molar refractivity (Wildman–Crippen MR) is 77.4 cm³/mol. The quantitative estimate of drug-likeness (QED) is 0.706. The lowest BCUT2D eigenvalue weighted by atomic mass is 9.86. The van der Waals surface area contributed by atoms with E-state index in [-0.39, 0.29) is 0 Å². The molecule has 0 aliphatic carbocycles. The standard InChI is InChI=1S/C13H22N2O3S/c1-3-13(16,9-4-10-14)11-5-7-12(8-6-11)15-19(2,17)18/h5-8,15-16H,3-4,9-10,14H2,1-2H3. The zero-order valence-corrected chi connectivity index (χ0v) is 12.2. The molecule has 0 aliphatic rings. The summed E-state index contributed by atoms with van der Waals surface area (Å²) >= 11 is 0. The number of anilines is 1. The van der Waals surface area contributed by atoms with Crippen molar-refractivity contribution in [2.45, 2.75) is 31.8 Å². The average molecular weight is 286 g/mol. The zero-order valence-electron chi connectivity index (χ0n) is 11.4. The molecule has 1 aromatic carbocycles. The molecule has 1 unspecified atom stereocenters. The molecule has 0 amide bonds. The van der Waals surface area contributed by atoms with Gasteiger partial charge in [0.05, 0.1) is 11.9 Å². The lowest BCUT2D eigenvalue weighted by molar-refractivity contribution is 0.0220. The van der Waals surface area contributed by atoms with Crippen molar-refractivity contribution in [2.75, 3.05) is 17.5 Å². The third-order valence-electron chi connectivity index (χ3n) is 3.10. The fourth-order valence-corrected chi connectivity index (χ4v) is 2.55. The van der Waals surface area contributed by atoms with Gasteiger partial charge in [0.25, 0.3) is 0 Å². The number of rotatable bonds is 7. The highest BCUT2D eigenvalue weighted by Gasteiger charge is 2.26. The van der Waals surface area contributed by atoms with E-state index in [4.69, 9.17) is 5.73 Å². The van der Waals surface area contributed by atoms with E-state index in [2.05, 4.69) is 4.72 Å². The molecule has 0 spiro atoms. The highest BCUT2D eigenvalue weighted by Crippen LogP contribution is 2.30. The molecule has 0 bridgehead atoms. The minimum absolute atomic E-state index is 0.489. The van der Waals surface area contributed by atoms with Crippen LogP contribution in [0.15, 0.2) is 24.3 Å². The van der Waals surface area contributed by atoms with Gasteiger partial charge < -0.3 is 10.8 Å². The van der Waals surface area contributed by atoms with Crippen LogP contribution in [0.5, 0.6) is 0 Å². The summed E-state index contributed by atoms with van der Waals surface area (Å²) in [6, 6.07) is 6.79. The number of benzene rings is 1. The fourth-order valence-electron chi connectivity index (χ4n) is 1.98. The van der Waals surface area contributed by atoms with Crippen LogP contribution >= 0.6 is 0 Å². The van der Waals surface area contributed by atoms with Crippen molar-refractivity contribution in [1.29, 1.82) is 0 Å². The van der Waals surface area contributed by atoms with Crippen LogP contribution in [0.2, 0.25) is 0 Å². The molecule has 0 aliphatic heterocycles. The van der Waals surface area contributed by atoms with Crippen molar-refractivity contribution in [3.8, 4) is 0 Å². The zero-order chi connectivity index (χ0) is 14.5. The normalized spacial score (nSPS) is 14.9. The Morgan fingerprint density at radius 1 is 1.32 bits per heavy atom. The summed E-state index contributed by atoms with van der Waals surface area (Å²) in [5.74, 6) is 0. The summed E-state index contributed by atoms with van der Waals surface area (Å²) in [6.07, 6.45) is 3.03. The van der Waals surface area contributed by atoms with Crippen molar-refractivity contribution < 1.29 is 13.5 Å². The first-order chi connectivity index (χ1) is 8.80. The first kappa shape index (κ1) is 15.9. The highest BCUT2D eigenvalue weighted by atomic mass is 32.2. The molecule has 0 saturated heterocycles. The van der Waals surface area contributed by atoms with Crippen LogP contribution in [0, 0.1) is 0 Å². The number of sulfonamides is 1. The van der Waals surface area contributed by atoms with E-state index in [1.165, 1.54) is 0 Å². The molecule has 19 heavy (non-hydrogen) atoms. The van der Waals surface area contributed by atoms with Crippen LogP contribution in [-0.4, -0.2) is 26.3 Å². The SMILES string of the molecule is CCC(O)(CCCN)c1ccc(NS(C)(=O)=O)cc1. The number of nitrogens with two attached hydrogens (primary N) is 1. The van der Waals surface area contributed by atoms with Crippen LogP contribution in [0.4, 0.5) is 5.69 Å². The maximum atomic E-state index is 11.1. The van der Waals surface area contributed by atoms with Gasteiger partial charge in [-0.3, -0.25) is 4.72 Å². The Hall–Kier alpha value is -1.11. The molecule has 5 nitrogen and oxygen atoms in total. The average Bonchev–Trinajstić information content (AvgIpc) is 2.35. The molecule has 6 heteroatoms. The number of nitrogens with one attached hydrogen (secondary N) is 1. The van der Waals surface area contributed by atoms with Crippen LogP contribution in [0.1, 0.15) is 31.7 Å². The molecule has 0 aromatic heterocycles. The Labute approximate surface area is 114 Å². The predicted octanol–water partition coefficient (Wildman–Crippen LogP) is 1.39. The van der Waals surface area contributed by atoms with E-state index in [1.54, 1.807) is 24.3 Å². The molecule has 0 radical (unpaired) electrons. The first-order valence-electron chi connectivity index (χ1n) is 6.31. The molecule has 1 aromatic rings. The van der Waals surface area contributed by atoms with Gasteiger partial charge in [-0.05, 0) is 43.5 Å². The minimum Gasteiger partial charge on any atom is -0.385 e. The van der Waals surface area contributed by atoms with Gasteiger partial charge in [-0.1, -0.05) is 19.1 Å². The second kappa shape index (κ2) is 6.36. The van der Waals surface area contributed by atoms with Crippen LogP contribution in [0.3, 0.4) is 0 Å². The highest BCUT2D eigenvalue weighted by molar-refractivity contribution is 7.92. The van der Waals surface area contributed by atoms with Gasteiger partial charge in [0.2, 0.25) is 10.0 Å². The third kappa shape index (κ3) is 4.81. The second-order valence-corrected chi connectivity index (χ2v) is 6.48. The topological polar surface area (TPSA) is 92.4 Å². The van der Waals surface area contributed by atoms with Gasteiger partial charge in [-0.25, -0.2) is 8.42 Å². The Balaban J connectivity index is 2.90. The third-order valence-corrected chi connectivity index (χ3v) is 3.71. The fraction of sp³-hybridized carbons (Fsp3) is 0.538. The summed E-state index contributed by atoms with van der Waals surface area (Å²) < 4.78 is 24.6. The monoisotopic (exact) mass is 286 g/mol. The summed E-state index contributed by atoms with van der Waals surface area (Å²) in [5, 5.41) is 10.6. The second-order valence-electron chi connectivity index (χ2n) is 4.73. The van der Waals surface area contributed by atoms with E-state index in [0.29, 0.717) is 25.1 Å². The molecule has 108 valence electrons. The number of hydrogen-bond acceptors (Lipinski definition) is 4. The Bertz CT molecular complexity index is 499. The van der Waals surface area contributed by atoms with Crippen molar-refractivity contribution in [2.24, 2.45) is 5.73 Å². The summed E-state index contributed by atoms with van der Waals surface area (Å²) in [7, 11) is -3.27. The molecule has 0 fully saturated rings. The van der Waals surface area contributed by atoms with Crippen LogP contribution < -0.4 is 10.5 Å². The van der Waals surface area contributed by atoms with Crippen LogP contribution in [0.25, 0.3) is 0 Å². The van der Waals surface area contributed by atoms with E-state index < -0.39 is 15.6 Å². The largest absolute Gasteiger partial charge is 0.385 e. The van der Waals surface area contributed by atoms with E-state index in [0.717, 1.165) is 18.2 Å². The molecular weight excluding hydrogens is 264 g/mol. The van der Waals surface area contributed by atoms with Crippen molar-refractivity contribution in [1.82, 2.24) is 0 Å². The van der Waals surface area contributed by atoms with Crippen molar-refractivity contribution in [3.05, 3.63) is 29.8 Å². The lowest BCUT2D eigenvalue weighted by Crippen LogP contribution is -2.25. The Morgan fingerprint density at radius 2 is 1.89 bits per heavy atom. The van der Waals surface area contributed by atoms with Crippen molar-refractivity contribution >= 4 is 15.7 Å². The molecular formula is C13H22N2O3S. The van der Waals surface area contributed by atoms with E-state index in [9.17, 15) is 13.5 Å². The minimum atomic E-state index is -3.27. The summed E-state index contributed by atoms with van der Waals surface area (Å²) in [4.78, 5) is 0. The van der Waals surface area contributed by atoms with Gasteiger partial charge >= 0.3 is 0 Å². The molecule has 1 rings (SSSR count). The van der Waals surface area contributed by atoms with Gasteiger partial charge in [-0.15, -0.1) is 0 Å². The molecule has 4 N–H and O–H groups in total. The number of aliphatic hydroxyl groups is 1. The van der Waals surface area contributed by atoms with E-state index >= 15 is 0 Å². The van der Waals surface area contributed by atoms with Crippen molar-refractivity contribution in [3.63, 3.8) is 0 Å². The maximum Gasteiger partial charge on any atom is 0.229 e. The Kier molecular flexibility index (Phi) is 5.34. The summed E-state index contributed by atoms with van der Waals surface area (Å²) in [6.45, 7) is 2.45. The first-order valence-corrected chi connectivity index (χ1v) is 8.20. The Morgan fingerprint density at radius 3 is 2.32 bits per heavy atom. The number of hydrogen-bond donors (Lipinski definition) is 3. The lowest BCUT2D eigenvalue weighted by Gasteiger charge is -2.27. The molecule has 0 saturated carbocycles. The maximum absolute atomic E-state index is 11.1. The molecule has 1 atom stereocenters. The van der Waals surface area contributed by atoms with Crippen LogP contribution in [-0.2, 0) is 15.6 Å². The smallest absolute Gasteiger partial charge is 0.229 e. The van der Waals surface area contributed by atoms with Gasteiger partial charge in [0.1, 0.15) is 0 Å². The van der Waals surface area contributed by atoms with Gasteiger partial charge in [0, 0.05) is 5.69 Å². The molecule has 0 heterocycles. The van der Waals surface area contributed by atoms with E-state index in [1.807, 2.05) is 6.92 Å². The van der Waals surface area contributed by atoms with Gasteiger partial charge in [-0.2, -0.15) is 0 Å². The van der Waals surface area contributed by atoms with Gasteiger partial charge in [0.15, 0.2) is 0 Å².